The molecule has 140 valence electrons. The third-order valence-corrected chi connectivity index (χ3v) is 3.90. The Morgan fingerprint density at radius 3 is 2.67 bits per heavy atom. The zero-order valence-corrected chi connectivity index (χ0v) is 14.7. The van der Waals surface area contributed by atoms with Crippen molar-refractivity contribution in [1.29, 1.82) is 0 Å². The molecule has 0 saturated carbocycles. The number of benzene rings is 1. The number of hydrogen-bond acceptors (Lipinski definition) is 4. The fraction of sp³-hybridized carbons (Fsp3) is 0.211. The van der Waals surface area contributed by atoms with Gasteiger partial charge in [0, 0.05) is 30.8 Å². The maximum Gasteiger partial charge on any atom is 0.243 e. The molecule has 27 heavy (non-hydrogen) atoms. The second-order valence-corrected chi connectivity index (χ2v) is 6.02. The molecule has 2 heterocycles. The lowest BCUT2D eigenvalue weighted by atomic mass is 10.1. The quantitative estimate of drug-likeness (QED) is 0.593. The van der Waals surface area contributed by atoms with E-state index in [1.165, 1.54) is 25.4 Å². The number of H-pyrrole nitrogens is 1. The lowest BCUT2D eigenvalue weighted by molar-refractivity contribution is -0.128. The van der Waals surface area contributed by atoms with Gasteiger partial charge in [0.1, 0.15) is 23.4 Å². The molecule has 3 N–H and O–H groups in total. The van der Waals surface area contributed by atoms with Crippen LogP contribution in [0.3, 0.4) is 0 Å². The number of imidazole rings is 1. The predicted octanol–water partition coefficient (Wildman–Crippen LogP) is 2.17. The molecule has 3 aromatic rings. The number of nitrogens with zero attached hydrogens (tertiary/aromatic N) is 1. The van der Waals surface area contributed by atoms with Crippen molar-refractivity contribution in [3.63, 3.8) is 0 Å². The fourth-order valence-corrected chi connectivity index (χ4v) is 2.61. The molecule has 2 amide bonds. The summed E-state index contributed by atoms with van der Waals surface area (Å²) in [5.74, 6) is 0.172. The first kappa shape index (κ1) is 18.4. The highest BCUT2D eigenvalue weighted by Gasteiger charge is 2.20. The van der Waals surface area contributed by atoms with Gasteiger partial charge >= 0.3 is 0 Å². The van der Waals surface area contributed by atoms with Crippen LogP contribution in [0.1, 0.15) is 18.4 Å². The molecular formula is C19H19FN4O3. The van der Waals surface area contributed by atoms with Gasteiger partial charge in [0.15, 0.2) is 0 Å². The van der Waals surface area contributed by atoms with Crippen LogP contribution in [0.2, 0.25) is 0 Å². The zero-order chi connectivity index (χ0) is 19.2. The third-order valence-electron chi connectivity index (χ3n) is 3.90. The standard InChI is InChI=1S/C19H19FN4O3/c1-12(25)24-17(8-15-9-21-11-23-15)19(26)22-10-16-6-7-18(27-16)13-2-4-14(20)5-3-13/h2-7,9,11,17H,8,10H2,1H3,(H,21,23)(H,22,26)(H,24,25). The van der Waals surface area contributed by atoms with Crippen LogP contribution < -0.4 is 10.6 Å². The Bertz CT molecular complexity index is 903. The first-order valence-electron chi connectivity index (χ1n) is 8.38. The number of rotatable bonds is 7. The van der Waals surface area contributed by atoms with E-state index >= 15 is 0 Å². The maximum atomic E-state index is 13.0. The number of aromatic amines is 1. The van der Waals surface area contributed by atoms with Crippen molar-refractivity contribution in [2.45, 2.75) is 25.9 Å². The van der Waals surface area contributed by atoms with E-state index in [4.69, 9.17) is 4.42 Å². The van der Waals surface area contributed by atoms with Gasteiger partial charge in [-0.25, -0.2) is 9.37 Å². The van der Waals surface area contributed by atoms with Crippen molar-refractivity contribution in [2.75, 3.05) is 0 Å². The molecule has 0 aliphatic rings. The number of furan rings is 1. The highest BCUT2D eigenvalue weighted by atomic mass is 19.1. The van der Waals surface area contributed by atoms with E-state index in [2.05, 4.69) is 20.6 Å². The van der Waals surface area contributed by atoms with E-state index in [1.54, 1.807) is 30.5 Å². The Hall–Kier alpha value is -3.42. The Kier molecular flexibility index (Phi) is 5.65. The van der Waals surface area contributed by atoms with Crippen LogP contribution in [0.5, 0.6) is 0 Å². The average molecular weight is 370 g/mol. The highest BCUT2D eigenvalue weighted by molar-refractivity contribution is 5.87. The van der Waals surface area contributed by atoms with Crippen LogP contribution in [-0.4, -0.2) is 27.8 Å². The number of halogens is 1. The zero-order valence-electron chi connectivity index (χ0n) is 14.7. The first-order chi connectivity index (χ1) is 13.0. The molecule has 2 aromatic heterocycles. The predicted molar refractivity (Wildman–Crippen MR) is 95.8 cm³/mol. The van der Waals surface area contributed by atoms with E-state index in [0.717, 1.165) is 11.3 Å². The minimum atomic E-state index is -0.727. The number of carbonyl (C=O) groups excluding carboxylic acids is 2. The summed E-state index contributed by atoms with van der Waals surface area (Å²) in [4.78, 5) is 30.6. The van der Waals surface area contributed by atoms with Gasteiger partial charge in [-0.1, -0.05) is 0 Å². The van der Waals surface area contributed by atoms with Crippen LogP contribution in [0, 0.1) is 5.82 Å². The smallest absolute Gasteiger partial charge is 0.243 e. The molecule has 7 nitrogen and oxygen atoms in total. The van der Waals surface area contributed by atoms with Gasteiger partial charge in [-0.05, 0) is 36.4 Å². The maximum absolute atomic E-state index is 13.0. The molecule has 1 atom stereocenters. The molecule has 0 spiro atoms. The van der Waals surface area contributed by atoms with E-state index in [-0.39, 0.29) is 24.2 Å². The minimum absolute atomic E-state index is 0.166. The van der Waals surface area contributed by atoms with Gasteiger partial charge in [0.25, 0.3) is 0 Å². The molecule has 0 saturated heterocycles. The third kappa shape index (κ3) is 5.04. The molecule has 3 rings (SSSR count). The van der Waals surface area contributed by atoms with Gasteiger partial charge in [0.2, 0.25) is 11.8 Å². The summed E-state index contributed by atoms with van der Waals surface area (Å²) in [5, 5.41) is 5.37. The van der Waals surface area contributed by atoms with E-state index < -0.39 is 6.04 Å². The Morgan fingerprint density at radius 1 is 1.22 bits per heavy atom. The van der Waals surface area contributed by atoms with Crippen LogP contribution in [0.25, 0.3) is 11.3 Å². The van der Waals surface area contributed by atoms with Crippen molar-refractivity contribution >= 4 is 11.8 Å². The number of amides is 2. The first-order valence-corrected chi connectivity index (χ1v) is 8.38. The molecule has 0 aliphatic heterocycles. The second-order valence-electron chi connectivity index (χ2n) is 6.02. The van der Waals surface area contributed by atoms with Gasteiger partial charge in [-0.15, -0.1) is 0 Å². The summed E-state index contributed by atoms with van der Waals surface area (Å²) >= 11 is 0. The summed E-state index contributed by atoms with van der Waals surface area (Å²) in [6.45, 7) is 1.52. The largest absolute Gasteiger partial charge is 0.459 e. The van der Waals surface area contributed by atoms with Crippen molar-refractivity contribution in [2.24, 2.45) is 0 Å². The van der Waals surface area contributed by atoms with Crippen LogP contribution in [0.4, 0.5) is 4.39 Å². The number of nitrogens with one attached hydrogen (secondary N) is 3. The van der Waals surface area contributed by atoms with E-state index in [0.29, 0.717) is 17.9 Å². The van der Waals surface area contributed by atoms with Crippen LogP contribution in [-0.2, 0) is 22.6 Å². The second kappa shape index (κ2) is 8.31. The summed E-state index contributed by atoms with van der Waals surface area (Å²) in [7, 11) is 0. The summed E-state index contributed by atoms with van der Waals surface area (Å²) in [6.07, 6.45) is 3.41. The monoisotopic (exact) mass is 370 g/mol. The van der Waals surface area contributed by atoms with E-state index in [1.807, 2.05) is 0 Å². The van der Waals surface area contributed by atoms with Crippen molar-refractivity contribution in [1.82, 2.24) is 20.6 Å². The van der Waals surface area contributed by atoms with Gasteiger partial charge in [0.05, 0.1) is 12.9 Å². The highest BCUT2D eigenvalue weighted by Crippen LogP contribution is 2.22. The van der Waals surface area contributed by atoms with Crippen molar-refractivity contribution in [3.8, 4) is 11.3 Å². The number of aromatic nitrogens is 2. The normalized spacial score (nSPS) is 11.8. The van der Waals surface area contributed by atoms with E-state index in [9.17, 15) is 14.0 Å². The summed E-state index contributed by atoms with van der Waals surface area (Å²) in [6, 6.07) is 8.71. The molecule has 0 bridgehead atoms. The van der Waals surface area contributed by atoms with Gasteiger partial charge in [-0.3, -0.25) is 9.59 Å². The van der Waals surface area contributed by atoms with Crippen molar-refractivity contribution in [3.05, 3.63) is 66.2 Å². The van der Waals surface area contributed by atoms with Gasteiger partial charge in [-0.2, -0.15) is 0 Å². The Labute approximate surface area is 155 Å². The molecule has 1 unspecified atom stereocenters. The minimum Gasteiger partial charge on any atom is -0.459 e. The van der Waals surface area contributed by atoms with Crippen LogP contribution >= 0.6 is 0 Å². The summed E-state index contributed by atoms with van der Waals surface area (Å²) < 4.78 is 18.7. The molecule has 1 aromatic carbocycles. The van der Waals surface area contributed by atoms with Gasteiger partial charge < -0.3 is 20.0 Å². The molecule has 8 heteroatoms. The Morgan fingerprint density at radius 2 is 2.00 bits per heavy atom. The fourth-order valence-electron chi connectivity index (χ4n) is 2.61. The average Bonchev–Trinajstić information content (AvgIpc) is 3.31. The summed E-state index contributed by atoms with van der Waals surface area (Å²) in [5.41, 5.74) is 1.48. The number of hydrogen-bond donors (Lipinski definition) is 3. The molecule has 0 aliphatic carbocycles. The van der Waals surface area contributed by atoms with Crippen molar-refractivity contribution < 1.29 is 18.4 Å². The molecule has 0 fully saturated rings. The molecule has 0 radical (unpaired) electrons. The lowest BCUT2D eigenvalue weighted by Crippen LogP contribution is -2.47. The molecular weight excluding hydrogens is 351 g/mol. The SMILES string of the molecule is CC(=O)NC(Cc1cnc[nH]1)C(=O)NCc1ccc(-c2ccc(F)cc2)o1. The lowest BCUT2D eigenvalue weighted by Gasteiger charge is -2.16. The number of carbonyl (C=O) groups is 2. The van der Waals surface area contributed by atoms with Crippen LogP contribution in [0.15, 0.2) is 53.3 Å². The topological polar surface area (TPSA) is 100 Å². The Balaban J connectivity index is 1.61.